The lowest BCUT2D eigenvalue weighted by molar-refractivity contribution is 0.0996. The number of primary amides is 1. The number of amides is 3. The van der Waals surface area contributed by atoms with Crippen molar-refractivity contribution in [3.05, 3.63) is 11.9 Å². The number of aromatic nitrogens is 2. The lowest BCUT2D eigenvalue weighted by Gasteiger charge is -2.37. The van der Waals surface area contributed by atoms with Crippen molar-refractivity contribution in [3.8, 4) is 0 Å². The molecule has 0 bridgehead atoms. The smallest absolute Gasteiger partial charge is 0.320 e. The van der Waals surface area contributed by atoms with E-state index in [1.54, 1.807) is 18.1 Å². The van der Waals surface area contributed by atoms with Crippen LogP contribution < -0.4 is 16.0 Å². The molecule has 2 aliphatic rings. The van der Waals surface area contributed by atoms with Crippen LogP contribution in [0.15, 0.2) is 6.20 Å². The molecule has 2 saturated heterocycles. The van der Waals surface area contributed by atoms with E-state index in [0.717, 1.165) is 32.5 Å². The molecule has 0 aliphatic carbocycles. The fraction of sp³-hybridized carbons (Fsp3) is 0.600. The van der Waals surface area contributed by atoms with Gasteiger partial charge in [0.1, 0.15) is 5.82 Å². The van der Waals surface area contributed by atoms with Crippen molar-refractivity contribution in [3.63, 3.8) is 0 Å². The van der Waals surface area contributed by atoms with Gasteiger partial charge in [-0.25, -0.2) is 14.8 Å². The number of anilines is 2. The Kier molecular flexibility index (Phi) is 4.41. The van der Waals surface area contributed by atoms with E-state index in [-0.39, 0.29) is 17.8 Å². The van der Waals surface area contributed by atoms with Crippen molar-refractivity contribution in [2.45, 2.75) is 18.9 Å². The monoisotopic (exact) mass is 333 g/mol. The second-order valence-corrected chi connectivity index (χ2v) is 6.18. The van der Waals surface area contributed by atoms with Crippen LogP contribution in [-0.4, -0.2) is 78.0 Å². The molecule has 2 aliphatic heterocycles. The molecule has 24 heavy (non-hydrogen) atoms. The lowest BCUT2D eigenvalue weighted by Crippen LogP contribution is -2.49. The van der Waals surface area contributed by atoms with Crippen molar-refractivity contribution in [2.24, 2.45) is 5.73 Å². The van der Waals surface area contributed by atoms with Gasteiger partial charge >= 0.3 is 6.03 Å². The molecule has 3 heterocycles. The maximum Gasteiger partial charge on any atom is 0.320 e. The molecule has 1 aromatic rings. The summed E-state index contributed by atoms with van der Waals surface area (Å²) in [4.78, 5) is 38.0. The normalized spacial score (nSPS) is 21.3. The zero-order chi connectivity index (χ0) is 17.3. The van der Waals surface area contributed by atoms with Gasteiger partial charge in [0.25, 0.3) is 5.91 Å². The topological polar surface area (TPSA) is 108 Å². The molecule has 1 aromatic heterocycles. The predicted molar refractivity (Wildman–Crippen MR) is 90.1 cm³/mol. The predicted octanol–water partition coefficient (Wildman–Crippen LogP) is -0.0466. The number of carbonyl (C=O) groups excluding carboxylic acids is 2. The molecular formula is C15H23N7O2. The van der Waals surface area contributed by atoms with E-state index in [2.05, 4.69) is 20.2 Å². The molecule has 1 atom stereocenters. The van der Waals surface area contributed by atoms with Gasteiger partial charge in [-0.15, -0.1) is 0 Å². The van der Waals surface area contributed by atoms with E-state index in [1.165, 1.54) is 0 Å². The third-order valence-electron chi connectivity index (χ3n) is 4.64. The maximum absolute atomic E-state index is 12.2. The van der Waals surface area contributed by atoms with Gasteiger partial charge in [0.15, 0.2) is 11.5 Å². The molecule has 3 rings (SSSR count). The number of urea groups is 1. The maximum atomic E-state index is 12.2. The van der Waals surface area contributed by atoms with Gasteiger partial charge in [-0.3, -0.25) is 4.79 Å². The van der Waals surface area contributed by atoms with E-state index in [0.29, 0.717) is 18.2 Å². The third kappa shape index (κ3) is 2.93. The van der Waals surface area contributed by atoms with Crippen LogP contribution in [0.5, 0.6) is 0 Å². The summed E-state index contributed by atoms with van der Waals surface area (Å²) in [5, 5.41) is 2.86. The van der Waals surface area contributed by atoms with Crippen molar-refractivity contribution >= 4 is 23.6 Å². The Morgan fingerprint density at radius 3 is 2.79 bits per heavy atom. The van der Waals surface area contributed by atoms with Gasteiger partial charge in [-0.1, -0.05) is 0 Å². The highest BCUT2D eigenvalue weighted by molar-refractivity contribution is 5.95. The number of nitrogens with zero attached hydrogens (tertiary/aromatic N) is 5. The molecule has 0 spiro atoms. The molecule has 0 unspecified atom stereocenters. The summed E-state index contributed by atoms with van der Waals surface area (Å²) < 4.78 is 0. The van der Waals surface area contributed by atoms with E-state index in [1.807, 2.05) is 11.9 Å². The Labute approximate surface area is 140 Å². The van der Waals surface area contributed by atoms with Crippen molar-refractivity contribution < 1.29 is 9.59 Å². The first kappa shape index (κ1) is 16.3. The van der Waals surface area contributed by atoms with E-state index in [9.17, 15) is 9.59 Å². The standard InChI is InChI=1S/C15H23N7O2/c1-17-14-12(13(16)23)18-8-11(19-14)21-5-3-4-10(9-21)22-7-6-20(2)15(22)24/h8,10H,3-7,9H2,1-2H3,(H2,16,23)(H,17,19)/t10-/m1/s1. The first-order valence-corrected chi connectivity index (χ1v) is 8.12. The van der Waals surface area contributed by atoms with Gasteiger partial charge in [0.05, 0.1) is 12.2 Å². The van der Waals surface area contributed by atoms with Crippen LogP contribution in [0.4, 0.5) is 16.4 Å². The molecule has 3 N–H and O–H groups in total. The number of rotatable bonds is 4. The Morgan fingerprint density at radius 1 is 1.38 bits per heavy atom. The number of nitrogens with two attached hydrogens (primary N) is 1. The summed E-state index contributed by atoms with van der Waals surface area (Å²) in [5.41, 5.74) is 5.44. The van der Waals surface area contributed by atoms with E-state index < -0.39 is 5.91 Å². The Balaban J connectivity index is 1.77. The van der Waals surface area contributed by atoms with Gasteiger partial charge < -0.3 is 25.8 Å². The lowest BCUT2D eigenvalue weighted by atomic mass is 10.0. The Hall–Kier alpha value is -2.58. The largest absolute Gasteiger partial charge is 0.371 e. The molecule has 0 aromatic carbocycles. The minimum absolute atomic E-state index is 0.0907. The highest BCUT2D eigenvalue weighted by Gasteiger charge is 2.34. The second-order valence-electron chi connectivity index (χ2n) is 6.18. The number of piperidine rings is 1. The number of carbonyl (C=O) groups is 2. The molecule has 9 nitrogen and oxygen atoms in total. The average Bonchev–Trinajstić information content (AvgIpc) is 2.93. The molecular weight excluding hydrogens is 310 g/mol. The van der Waals surface area contributed by atoms with Crippen LogP contribution in [0, 0.1) is 0 Å². The van der Waals surface area contributed by atoms with Gasteiger partial charge in [0, 0.05) is 40.3 Å². The SMILES string of the molecule is CNc1nc(N2CCC[C@@H](N3CCN(C)C3=O)C2)cnc1C(N)=O. The number of hydrogen-bond donors (Lipinski definition) is 2. The van der Waals surface area contributed by atoms with Crippen molar-refractivity contribution in [2.75, 3.05) is 50.5 Å². The molecule has 0 radical (unpaired) electrons. The highest BCUT2D eigenvalue weighted by Crippen LogP contribution is 2.24. The van der Waals surface area contributed by atoms with Gasteiger partial charge in [-0.05, 0) is 12.8 Å². The van der Waals surface area contributed by atoms with Crippen LogP contribution in [0.2, 0.25) is 0 Å². The Bertz CT molecular complexity index is 651. The van der Waals surface area contributed by atoms with Crippen LogP contribution in [0.3, 0.4) is 0 Å². The van der Waals surface area contributed by atoms with Gasteiger partial charge in [0.2, 0.25) is 0 Å². The van der Waals surface area contributed by atoms with E-state index in [4.69, 9.17) is 5.73 Å². The summed E-state index contributed by atoms with van der Waals surface area (Å²) in [6.45, 7) is 3.10. The zero-order valence-electron chi connectivity index (χ0n) is 14.0. The minimum atomic E-state index is -0.611. The van der Waals surface area contributed by atoms with Crippen molar-refractivity contribution in [1.29, 1.82) is 0 Å². The fourth-order valence-corrected chi connectivity index (χ4v) is 3.31. The van der Waals surface area contributed by atoms with Crippen LogP contribution in [-0.2, 0) is 0 Å². The third-order valence-corrected chi connectivity index (χ3v) is 4.64. The average molecular weight is 333 g/mol. The fourth-order valence-electron chi connectivity index (χ4n) is 3.31. The van der Waals surface area contributed by atoms with Crippen LogP contribution >= 0.6 is 0 Å². The Morgan fingerprint density at radius 2 is 2.17 bits per heavy atom. The van der Waals surface area contributed by atoms with Crippen molar-refractivity contribution in [1.82, 2.24) is 19.8 Å². The zero-order valence-corrected chi connectivity index (χ0v) is 14.0. The van der Waals surface area contributed by atoms with Crippen LogP contribution in [0.25, 0.3) is 0 Å². The number of nitrogens with one attached hydrogen (secondary N) is 1. The number of likely N-dealkylation sites (N-methyl/N-ethyl adjacent to an activating group) is 1. The first-order chi connectivity index (χ1) is 11.5. The summed E-state index contributed by atoms with van der Waals surface area (Å²) >= 11 is 0. The van der Waals surface area contributed by atoms with Gasteiger partial charge in [-0.2, -0.15) is 0 Å². The van der Waals surface area contributed by atoms with Crippen LogP contribution in [0.1, 0.15) is 23.3 Å². The minimum Gasteiger partial charge on any atom is -0.371 e. The second kappa shape index (κ2) is 6.50. The molecule has 9 heteroatoms. The summed E-state index contributed by atoms with van der Waals surface area (Å²) in [7, 11) is 3.51. The molecule has 3 amide bonds. The quantitative estimate of drug-likeness (QED) is 0.800. The number of hydrogen-bond acceptors (Lipinski definition) is 6. The van der Waals surface area contributed by atoms with E-state index >= 15 is 0 Å². The highest BCUT2D eigenvalue weighted by atomic mass is 16.2. The molecule has 130 valence electrons. The molecule has 0 saturated carbocycles. The summed E-state index contributed by atoms with van der Waals surface area (Å²) in [6, 6.07) is 0.264. The first-order valence-electron chi connectivity index (χ1n) is 8.12. The summed E-state index contributed by atoms with van der Waals surface area (Å²) in [5.74, 6) is 0.453. The summed E-state index contributed by atoms with van der Waals surface area (Å²) in [6.07, 6.45) is 3.54. The molecule has 2 fully saturated rings.